The Labute approximate surface area is 92.5 Å². The number of carbonyl (C=O) groups is 1. The minimum absolute atomic E-state index is 0.112. The SMILES string of the molecule is CCCCS(=O)(=O)C(/C=C/C(C)=O)CC. The first-order valence-electron chi connectivity index (χ1n) is 5.34. The highest BCUT2D eigenvalue weighted by Crippen LogP contribution is 2.11. The fourth-order valence-electron chi connectivity index (χ4n) is 1.25. The molecule has 0 saturated carbocycles. The van der Waals surface area contributed by atoms with E-state index in [0.717, 1.165) is 6.42 Å². The number of hydrogen-bond acceptors (Lipinski definition) is 3. The molecular weight excluding hydrogens is 212 g/mol. The molecule has 0 radical (unpaired) electrons. The van der Waals surface area contributed by atoms with Gasteiger partial charge < -0.3 is 0 Å². The molecule has 0 bridgehead atoms. The summed E-state index contributed by atoms with van der Waals surface area (Å²) in [6, 6.07) is 0. The fraction of sp³-hybridized carbons (Fsp3) is 0.727. The van der Waals surface area contributed by atoms with Crippen LogP contribution in [0.25, 0.3) is 0 Å². The first-order valence-corrected chi connectivity index (χ1v) is 7.06. The Kier molecular flexibility index (Phi) is 6.48. The van der Waals surface area contributed by atoms with E-state index in [4.69, 9.17) is 0 Å². The molecule has 0 saturated heterocycles. The van der Waals surface area contributed by atoms with E-state index in [2.05, 4.69) is 0 Å². The van der Waals surface area contributed by atoms with Gasteiger partial charge in [-0.15, -0.1) is 0 Å². The summed E-state index contributed by atoms with van der Waals surface area (Å²) in [5, 5.41) is -0.507. The number of rotatable bonds is 7. The van der Waals surface area contributed by atoms with Crippen LogP contribution in [0.1, 0.15) is 40.0 Å². The van der Waals surface area contributed by atoms with Gasteiger partial charge in [0.15, 0.2) is 15.6 Å². The lowest BCUT2D eigenvalue weighted by Gasteiger charge is -2.10. The normalized spacial score (nSPS) is 14.3. The summed E-state index contributed by atoms with van der Waals surface area (Å²) in [4.78, 5) is 10.7. The first-order chi connectivity index (χ1) is 6.94. The summed E-state index contributed by atoms with van der Waals surface area (Å²) >= 11 is 0. The maximum absolute atomic E-state index is 11.8. The molecule has 1 unspecified atom stereocenters. The van der Waals surface area contributed by atoms with Crippen LogP contribution in [-0.4, -0.2) is 25.2 Å². The van der Waals surface area contributed by atoms with Crippen molar-refractivity contribution in [1.29, 1.82) is 0 Å². The van der Waals surface area contributed by atoms with Gasteiger partial charge >= 0.3 is 0 Å². The zero-order valence-corrected chi connectivity index (χ0v) is 10.5. The Balaban J connectivity index is 4.58. The van der Waals surface area contributed by atoms with Gasteiger partial charge in [0, 0.05) is 0 Å². The third kappa shape index (κ3) is 5.72. The number of sulfone groups is 1. The summed E-state index contributed by atoms with van der Waals surface area (Å²) in [7, 11) is -3.07. The van der Waals surface area contributed by atoms with Crippen LogP contribution in [0.5, 0.6) is 0 Å². The summed E-state index contributed by atoms with van der Waals surface area (Å²) in [6.45, 7) is 5.20. The second-order valence-corrected chi connectivity index (χ2v) is 5.98. The van der Waals surface area contributed by atoms with Gasteiger partial charge in [0.05, 0.1) is 11.0 Å². The van der Waals surface area contributed by atoms with Crippen molar-refractivity contribution in [2.24, 2.45) is 0 Å². The molecule has 88 valence electrons. The molecule has 0 aliphatic rings. The Morgan fingerprint density at radius 3 is 2.33 bits per heavy atom. The molecule has 3 nitrogen and oxygen atoms in total. The van der Waals surface area contributed by atoms with Crippen LogP contribution < -0.4 is 0 Å². The van der Waals surface area contributed by atoms with E-state index in [1.54, 1.807) is 0 Å². The third-order valence-electron chi connectivity index (χ3n) is 2.19. The predicted octanol–water partition coefficient (Wildman–Crippen LogP) is 2.13. The highest BCUT2D eigenvalue weighted by atomic mass is 32.2. The summed E-state index contributed by atoms with van der Waals surface area (Å²) in [5.41, 5.74) is 0. The van der Waals surface area contributed by atoms with Crippen LogP contribution in [-0.2, 0) is 14.6 Å². The number of unbranched alkanes of at least 4 members (excludes halogenated alkanes) is 1. The smallest absolute Gasteiger partial charge is 0.156 e. The molecule has 0 heterocycles. The number of hydrogen-bond donors (Lipinski definition) is 0. The van der Waals surface area contributed by atoms with Gasteiger partial charge in [0.25, 0.3) is 0 Å². The monoisotopic (exact) mass is 232 g/mol. The molecule has 1 atom stereocenters. The molecule has 0 amide bonds. The highest BCUT2D eigenvalue weighted by molar-refractivity contribution is 7.92. The quantitative estimate of drug-likeness (QED) is 0.632. The van der Waals surface area contributed by atoms with Crippen molar-refractivity contribution in [3.8, 4) is 0 Å². The second-order valence-electron chi connectivity index (χ2n) is 3.64. The predicted molar refractivity (Wildman–Crippen MR) is 62.6 cm³/mol. The van der Waals surface area contributed by atoms with Crippen LogP contribution in [0.4, 0.5) is 0 Å². The topological polar surface area (TPSA) is 51.2 Å². The van der Waals surface area contributed by atoms with E-state index in [1.807, 2.05) is 13.8 Å². The van der Waals surface area contributed by atoms with E-state index >= 15 is 0 Å². The Hall–Kier alpha value is -0.640. The van der Waals surface area contributed by atoms with Crippen molar-refractivity contribution >= 4 is 15.6 Å². The molecule has 0 aliphatic heterocycles. The van der Waals surface area contributed by atoms with Crippen LogP contribution in [0.3, 0.4) is 0 Å². The molecule has 0 fully saturated rings. The maximum atomic E-state index is 11.8. The number of allylic oxidation sites excluding steroid dienone is 1. The van der Waals surface area contributed by atoms with E-state index in [-0.39, 0.29) is 11.5 Å². The summed E-state index contributed by atoms with van der Waals surface area (Å²) in [5.74, 6) is 0.101. The van der Waals surface area contributed by atoms with Crippen molar-refractivity contribution in [2.75, 3.05) is 5.75 Å². The maximum Gasteiger partial charge on any atom is 0.156 e. The Morgan fingerprint density at radius 2 is 1.93 bits per heavy atom. The van der Waals surface area contributed by atoms with Crippen molar-refractivity contribution in [3.05, 3.63) is 12.2 Å². The Bertz CT molecular complexity index is 315. The van der Waals surface area contributed by atoms with E-state index in [0.29, 0.717) is 12.8 Å². The lowest BCUT2D eigenvalue weighted by Crippen LogP contribution is -2.21. The standard InChI is InChI=1S/C11H20O3S/c1-4-6-9-15(13,14)11(5-2)8-7-10(3)12/h7-8,11H,4-6,9H2,1-3H3/b8-7+. The molecule has 0 rings (SSSR count). The zero-order chi connectivity index (χ0) is 11.9. The van der Waals surface area contributed by atoms with Gasteiger partial charge in [-0.1, -0.05) is 26.3 Å². The van der Waals surface area contributed by atoms with Gasteiger partial charge in [-0.25, -0.2) is 8.42 Å². The van der Waals surface area contributed by atoms with Crippen LogP contribution in [0.15, 0.2) is 12.2 Å². The largest absolute Gasteiger partial charge is 0.295 e. The van der Waals surface area contributed by atoms with Crippen LogP contribution in [0, 0.1) is 0 Å². The molecular formula is C11H20O3S. The van der Waals surface area contributed by atoms with Gasteiger partial charge in [-0.2, -0.15) is 0 Å². The number of carbonyl (C=O) groups excluding carboxylic acids is 1. The zero-order valence-electron chi connectivity index (χ0n) is 9.69. The molecule has 0 aromatic heterocycles. The molecule has 0 N–H and O–H groups in total. The minimum atomic E-state index is -3.07. The molecule has 0 aromatic carbocycles. The van der Waals surface area contributed by atoms with E-state index in [9.17, 15) is 13.2 Å². The lowest BCUT2D eigenvalue weighted by atomic mass is 10.3. The van der Waals surface area contributed by atoms with Gasteiger partial charge in [-0.05, 0) is 25.8 Å². The lowest BCUT2D eigenvalue weighted by molar-refractivity contribution is -0.112. The van der Waals surface area contributed by atoms with Crippen molar-refractivity contribution in [1.82, 2.24) is 0 Å². The fourth-order valence-corrected chi connectivity index (χ4v) is 3.07. The second kappa shape index (κ2) is 6.77. The third-order valence-corrected chi connectivity index (χ3v) is 4.46. The van der Waals surface area contributed by atoms with Crippen molar-refractivity contribution < 1.29 is 13.2 Å². The van der Waals surface area contributed by atoms with E-state index in [1.165, 1.54) is 19.1 Å². The summed E-state index contributed by atoms with van der Waals surface area (Å²) < 4.78 is 23.5. The average molecular weight is 232 g/mol. The van der Waals surface area contributed by atoms with Crippen LogP contribution in [0.2, 0.25) is 0 Å². The molecule has 0 spiro atoms. The van der Waals surface area contributed by atoms with E-state index < -0.39 is 15.1 Å². The minimum Gasteiger partial charge on any atom is -0.295 e. The molecule has 4 heteroatoms. The molecule has 0 aliphatic carbocycles. The molecule has 15 heavy (non-hydrogen) atoms. The highest BCUT2D eigenvalue weighted by Gasteiger charge is 2.20. The van der Waals surface area contributed by atoms with Crippen molar-refractivity contribution in [2.45, 2.75) is 45.3 Å². The molecule has 0 aromatic rings. The Morgan fingerprint density at radius 1 is 1.33 bits per heavy atom. The van der Waals surface area contributed by atoms with Crippen LogP contribution >= 0.6 is 0 Å². The first kappa shape index (κ1) is 14.4. The van der Waals surface area contributed by atoms with Gasteiger partial charge in [0.1, 0.15) is 0 Å². The van der Waals surface area contributed by atoms with Crippen molar-refractivity contribution in [3.63, 3.8) is 0 Å². The van der Waals surface area contributed by atoms with Gasteiger partial charge in [-0.3, -0.25) is 4.79 Å². The number of ketones is 1. The average Bonchev–Trinajstić information content (AvgIpc) is 2.15. The van der Waals surface area contributed by atoms with Gasteiger partial charge in [0.2, 0.25) is 0 Å². The summed E-state index contributed by atoms with van der Waals surface area (Å²) in [6.07, 6.45) is 4.93.